The van der Waals surface area contributed by atoms with Gasteiger partial charge in [-0.25, -0.2) is 4.79 Å². The lowest BCUT2D eigenvalue weighted by atomic mass is 9.92. The number of hydrogen-bond acceptors (Lipinski definition) is 3. The molecule has 23 heavy (non-hydrogen) atoms. The molecule has 0 aliphatic carbocycles. The summed E-state index contributed by atoms with van der Waals surface area (Å²) >= 11 is 0. The third-order valence-corrected chi connectivity index (χ3v) is 3.74. The summed E-state index contributed by atoms with van der Waals surface area (Å²) in [5.41, 5.74) is 1.40. The van der Waals surface area contributed by atoms with Gasteiger partial charge in [-0.3, -0.25) is 9.59 Å². The number of ketones is 1. The highest BCUT2D eigenvalue weighted by atomic mass is 16.4. The molecule has 5 heteroatoms. The summed E-state index contributed by atoms with van der Waals surface area (Å²) in [6.07, 6.45) is 1.53. The number of anilines is 1. The third kappa shape index (κ3) is 2.53. The Morgan fingerprint density at radius 2 is 1.78 bits per heavy atom. The van der Waals surface area contributed by atoms with Crippen LogP contribution in [-0.4, -0.2) is 29.8 Å². The molecule has 0 radical (unpaired) electrons. The Bertz CT molecular complexity index is 853. The lowest BCUT2D eigenvalue weighted by Crippen LogP contribution is -2.36. The minimum Gasteiger partial charge on any atom is -0.478 e. The molecule has 5 nitrogen and oxygen atoms in total. The van der Waals surface area contributed by atoms with Gasteiger partial charge >= 0.3 is 5.97 Å². The molecule has 0 spiro atoms. The van der Waals surface area contributed by atoms with Crippen LogP contribution < -0.4 is 4.90 Å². The second-order valence-electron chi connectivity index (χ2n) is 5.20. The lowest BCUT2D eigenvalue weighted by Gasteiger charge is -2.26. The maximum atomic E-state index is 12.6. The SMILES string of the molecule is CN1C(=O)/C(=C\c2ccccc2)C(=O)c2cc(C(=O)O)ccc21. The molecule has 2 aromatic carbocycles. The number of fused-ring (bicyclic) bond motifs is 1. The Hall–Kier alpha value is -3.21. The molecule has 1 aliphatic rings. The zero-order valence-electron chi connectivity index (χ0n) is 12.3. The minimum absolute atomic E-state index is 0.0129. The monoisotopic (exact) mass is 307 g/mol. The smallest absolute Gasteiger partial charge is 0.335 e. The van der Waals surface area contributed by atoms with E-state index >= 15 is 0 Å². The summed E-state index contributed by atoms with van der Waals surface area (Å²) < 4.78 is 0. The quantitative estimate of drug-likeness (QED) is 0.683. The van der Waals surface area contributed by atoms with E-state index < -0.39 is 17.7 Å². The molecule has 1 N–H and O–H groups in total. The van der Waals surface area contributed by atoms with Gasteiger partial charge in [-0.05, 0) is 29.8 Å². The topological polar surface area (TPSA) is 74.7 Å². The molecule has 0 saturated heterocycles. The van der Waals surface area contributed by atoms with Crippen LogP contribution in [0.4, 0.5) is 5.69 Å². The lowest BCUT2D eigenvalue weighted by molar-refractivity contribution is -0.114. The fourth-order valence-electron chi connectivity index (χ4n) is 2.52. The number of carboxylic acid groups (broad SMARTS) is 1. The van der Waals surface area contributed by atoms with Crippen LogP contribution in [0, 0.1) is 0 Å². The van der Waals surface area contributed by atoms with Gasteiger partial charge in [0, 0.05) is 12.6 Å². The highest BCUT2D eigenvalue weighted by Crippen LogP contribution is 2.31. The van der Waals surface area contributed by atoms with Crippen molar-refractivity contribution >= 4 is 29.4 Å². The van der Waals surface area contributed by atoms with Crippen LogP contribution in [0.3, 0.4) is 0 Å². The van der Waals surface area contributed by atoms with Gasteiger partial charge in [0.05, 0.1) is 16.8 Å². The van der Waals surface area contributed by atoms with Gasteiger partial charge in [0.25, 0.3) is 5.91 Å². The number of carbonyl (C=O) groups excluding carboxylic acids is 2. The maximum Gasteiger partial charge on any atom is 0.335 e. The summed E-state index contributed by atoms with van der Waals surface area (Å²) in [6, 6.07) is 13.2. The first-order chi connectivity index (χ1) is 11.0. The molecule has 0 unspecified atom stereocenters. The van der Waals surface area contributed by atoms with Crippen LogP contribution in [0.15, 0.2) is 54.1 Å². The number of Topliss-reactive ketones (excluding diaryl/α,β-unsaturated/α-hetero) is 1. The third-order valence-electron chi connectivity index (χ3n) is 3.74. The number of rotatable bonds is 2. The number of aromatic carboxylic acids is 1. The van der Waals surface area contributed by atoms with Gasteiger partial charge in [0.1, 0.15) is 0 Å². The summed E-state index contributed by atoms with van der Waals surface area (Å²) in [5.74, 6) is -1.99. The van der Waals surface area contributed by atoms with E-state index in [1.54, 1.807) is 19.2 Å². The molecule has 0 bridgehead atoms. The number of carbonyl (C=O) groups is 3. The summed E-state index contributed by atoms with van der Waals surface area (Å²) in [4.78, 5) is 37.5. The Morgan fingerprint density at radius 1 is 1.09 bits per heavy atom. The molecule has 0 saturated carbocycles. The van der Waals surface area contributed by atoms with E-state index in [1.165, 1.54) is 29.2 Å². The van der Waals surface area contributed by atoms with Crippen molar-refractivity contribution in [1.29, 1.82) is 0 Å². The molecule has 3 rings (SSSR count). The van der Waals surface area contributed by atoms with Gasteiger partial charge in [-0.2, -0.15) is 0 Å². The molecular weight excluding hydrogens is 294 g/mol. The molecule has 1 aliphatic heterocycles. The van der Waals surface area contributed by atoms with Crippen molar-refractivity contribution in [2.45, 2.75) is 0 Å². The molecule has 114 valence electrons. The molecular formula is C18H13NO4. The van der Waals surface area contributed by atoms with Gasteiger partial charge < -0.3 is 10.0 Å². The minimum atomic E-state index is -1.12. The van der Waals surface area contributed by atoms with Crippen molar-refractivity contribution in [3.63, 3.8) is 0 Å². The van der Waals surface area contributed by atoms with Gasteiger partial charge in [-0.1, -0.05) is 30.3 Å². The second-order valence-corrected chi connectivity index (χ2v) is 5.20. The van der Waals surface area contributed by atoms with Crippen LogP contribution in [0.1, 0.15) is 26.3 Å². The predicted molar refractivity (Wildman–Crippen MR) is 85.6 cm³/mol. The zero-order valence-corrected chi connectivity index (χ0v) is 12.3. The van der Waals surface area contributed by atoms with E-state index in [0.29, 0.717) is 5.69 Å². The standard InChI is InChI=1S/C18H13NO4/c1-19-15-8-7-12(18(22)23)10-13(15)16(20)14(17(19)21)9-11-5-3-2-4-6-11/h2-10H,1H3,(H,22,23)/b14-9-. The number of amides is 1. The highest BCUT2D eigenvalue weighted by molar-refractivity contribution is 6.36. The first kappa shape index (κ1) is 14.7. The van der Waals surface area contributed by atoms with Crippen molar-refractivity contribution in [2.24, 2.45) is 0 Å². The number of carboxylic acids is 1. The molecule has 0 atom stereocenters. The van der Waals surface area contributed by atoms with Gasteiger partial charge in [-0.15, -0.1) is 0 Å². The Labute approximate surface area is 132 Å². The number of nitrogens with zero attached hydrogens (tertiary/aromatic N) is 1. The summed E-state index contributed by atoms with van der Waals surface area (Å²) in [7, 11) is 1.56. The van der Waals surface area contributed by atoms with Gasteiger partial charge in [0.15, 0.2) is 0 Å². The van der Waals surface area contributed by atoms with Crippen molar-refractivity contribution in [3.05, 3.63) is 70.8 Å². The molecule has 0 aromatic heterocycles. The fraction of sp³-hybridized carbons (Fsp3) is 0.0556. The van der Waals surface area contributed by atoms with E-state index in [-0.39, 0.29) is 16.7 Å². The van der Waals surface area contributed by atoms with Gasteiger partial charge in [0.2, 0.25) is 5.78 Å². The molecule has 2 aromatic rings. The average Bonchev–Trinajstić information content (AvgIpc) is 2.57. The van der Waals surface area contributed by atoms with E-state index in [4.69, 9.17) is 5.11 Å². The first-order valence-electron chi connectivity index (χ1n) is 6.96. The summed E-state index contributed by atoms with van der Waals surface area (Å²) in [6.45, 7) is 0. The van der Waals surface area contributed by atoms with E-state index in [0.717, 1.165) is 5.56 Å². The van der Waals surface area contributed by atoms with Crippen LogP contribution in [0.2, 0.25) is 0 Å². The Kier molecular flexibility index (Phi) is 3.54. The van der Waals surface area contributed by atoms with Crippen molar-refractivity contribution < 1.29 is 19.5 Å². The fourth-order valence-corrected chi connectivity index (χ4v) is 2.52. The first-order valence-corrected chi connectivity index (χ1v) is 6.96. The zero-order chi connectivity index (χ0) is 16.6. The predicted octanol–water partition coefficient (Wildman–Crippen LogP) is 2.63. The van der Waals surface area contributed by atoms with Crippen molar-refractivity contribution in [2.75, 3.05) is 11.9 Å². The Morgan fingerprint density at radius 3 is 2.43 bits per heavy atom. The second kappa shape index (κ2) is 5.53. The highest BCUT2D eigenvalue weighted by Gasteiger charge is 2.33. The molecule has 1 amide bonds. The average molecular weight is 307 g/mol. The number of likely N-dealkylation sites (N-methyl/N-ethyl adjacent to an activating group) is 1. The van der Waals surface area contributed by atoms with Crippen molar-refractivity contribution in [1.82, 2.24) is 0 Å². The largest absolute Gasteiger partial charge is 0.478 e. The van der Waals surface area contributed by atoms with E-state index in [1.807, 2.05) is 18.2 Å². The van der Waals surface area contributed by atoms with Crippen LogP contribution in [0.25, 0.3) is 6.08 Å². The van der Waals surface area contributed by atoms with Crippen molar-refractivity contribution in [3.8, 4) is 0 Å². The van der Waals surface area contributed by atoms with Crippen LogP contribution in [0.5, 0.6) is 0 Å². The Balaban J connectivity index is 2.14. The molecule has 1 heterocycles. The normalized spacial score (nSPS) is 15.7. The van der Waals surface area contributed by atoms with Crippen LogP contribution in [-0.2, 0) is 4.79 Å². The number of benzene rings is 2. The van der Waals surface area contributed by atoms with E-state index in [2.05, 4.69) is 0 Å². The maximum absolute atomic E-state index is 12.6. The van der Waals surface area contributed by atoms with E-state index in [9.17, 15) is 14.4 Å². The summed E-state index contributed by atoms with van der Waals surface area (Å²) in [5, 5.41) is 9.09. The molecule has 0 fully saturated rings. The van der Waals surface area contributed by atoms with Crippen LogP contribution >= 0.6 is 0 Å². The number of hydrogen-bond donors (Lipinski definition) is 1.